The van der Waals surface area contributed by atoms with Crippen molar-refractivity contribution in [1.82, 2.24) is 14.7 Å². The number of nitrogens with two attached hydrogens (primary N) is 1. The maximum Gasteiger partial charge on any atom is 0.257 e. The van der Waals surface area contributed by atoms with Crippen LogP contribution in [0.3, 0.4) is 0 Å². The van der Waals surface area contributed by atoms with Crippen LogP contribution in [0, 0.1) is 11.7 Å². The number of hydrogen-bond donors (Lipinski definition) is 1. The molecule has 0 bridgehead atoms. The fourth-order valence-electron chi connectivity index (χ4n) is 3.45. The molecule has 2 N–H and O–H groups in total. The molecule has 128 valence electrons. The van der Waals surface area contributed by atoms with Crippen LogP contribution in [-0.2, 0) is 6.42 Å². The smallest absolute Gasteiger partial charge is 0.257 e. The highest BCUT2D eigenvalue weighted by molar-refractivity contribution is 5.95. The Kier molecular flexibility index (Phi) is 4.66. The molecule has 1 aromatic carbocycles. The summed E-state index contributed by atoms with van der Waals surface area (Å²) < 4.78 is 14.9. The van der Waals surface area contributed by atoms with Gasteiger partial charge in [0.2, 0.25) is 0 Å². The van der Waals surface area contributed by atoms with E-state index >= 15 is 0 Å². The molecule has 1 amide bonds. The minimum atomic E-state index is -0.293. The van der Waals surface area contributed by atoms with Gasteiger partial charge in [0.25, 0.3) is 5.91 Å². The molecule has 2 atom stereocenters. The summed E-state index contributed by atoms with van der Waals surface area (Å²) in [6, 6.07) is 6.31. The predicted molar refractivity (Wildman–Crippen MR) is 90.6 cm³/mol. The lowest BCUT2D eigenvalue weighted by atomic mass is 10.1. The lowest BCUT2D eigenvalue weighted by Gasteiger charge is -2.21. The van der Waals surface area contributed by atoms with Gasteiger partial charge in [0.15, 0.2) is 0 Å². The van der Waals surface area contributed by atoms with E-state index in [9.17, 15) is 9.18 Å². The second kappa shape index (κ2) is 6.73. The Morgan fingerprint density at radius 2 is 2.08 bits per heavy atom. The van der Waals surface area contributed by atoms with Crippen molar-refractivity contribution in [1.29, 1.82) is 0 Å². The highest BCUT2D eigenvalue weighted by Crippen LogP contribution is 2.26. The van der Waals surface area contributed by atoms with Gasteiger partial charge in [0.05, 0.1) is 23.1 Å². The van der Waals surface area contributed by atoms with Gasteiger partial charge in [-0.05, 0) is 56.5 Å². The van der Waals surface area contributed by atoms with Gasteiger partial charge in [-0.3, -0.25) is 4.79 Å². The molecule has 5 nitrogen and oxygen atoms in total. The number of benzene rings is 1. The first-order valence-electron chi connectivity index (χ1n) is 8.39. The Hall–Kier alpha value is -2.21. The van der Waals surface area contributed by atoms with Crippen LogP contribution in [0.4, 0.5) is 4.39 Å². The van der Waals surface area contributed by atoms with Gasteiger partial charge in [-0.25, -0.2) is 9.07 Å². The number of rotatable bonds is 4. The molecule has 24 heavy (non-hydrogen) atoms. The van der Waals surface area contributed by atoms with E-state index in [-0.39, 0.29) is 17.8 Å². The summed E-state index contributed by atoms with van der Waals surface area (Å²) in [5, 5.41) is 4.37. The van der Waals surface area contributed by atoms with E-state index in [4.69, 9.17) is 5.73 Å². The van der Waals surface area contributed by atoms with Gasteiger partial charge in [-0.1, -0.05) is 6.92 Å². The number of nitrogens with zero attached hydrogens (tertiary/aromatic N) is 3. The van der Waals surface area contributed by atoms with Gasteiger partial charge in [0.1, 0.15) is 5.82 Å². The van der Waals surface area contributed by atoms with Crippen LogP contribution in [0.2, 0.25) is 0 Å². The van der Waals surface area contributed by atoms with Gasteiger partial charge in [-0.2, -0.15) is 5.10 Å². The zero-order valence-electron chi connectivity index (χ0n) is 14.1. The third-order valence-corrected chi connectivity index (χ3v) is 4.76. The number of halogens is 1. The maximum absolute atomic E-state index is 13.1. The Morgan fingerprint density at radius 3 is 2.67 bits per heavy atom. The van der Waals surface area contributed by atoms with E-state index in [0.29, 0.717) is 31.0 Å². The molecule has 2 unspecified atom stereocenters. The van der Waals surface area contributed by atoms with E-state index in [0.717, 1.165) is 17.8 Å². The fourth-order valence-corrected chi connectivity index (χ4v) is 3.45. The third kappa shape index (κ3) is 2.94. The number of amides is 1. The minimum Gasteiger partial charge on any atom is -0.335 e. The molecule has 1 aliphatic rings. The molecule has 0 spiro atoms. The fraction of sp³-hybridized carbons (Fsp3) is 0.444. The van der Waals surface area contributed by atoms with Crippen molar-refractivity contribution in [2.75, 3.05) is 13.1 Å². The zero-order chi connectivity index (χ0) is 17.3. The first-order valence-corrected chi connectivity index (χ1v) is 8.39. The van der Waals surface area contributed by atoms with Crippen molar-refractivity contribution in [2.45, 2.75) is 32.7 Å². The molecule has 2 heterocycles. The Labute approximate surface area is 141 Å². The molecule has 0 saturated carbocycles. The van der Waals surface area contributed by atoms with Crippen LogP contribution in [0.1, 0.15) is 36.3 Å². The van der Waals surface area contributed by atoms with Crippen LogP contribution >= 0.6 is 0 Å². The third-order valence-electron chi connectivity index (χ3n) is 4.76. The number of carbonyl (C=O) groups excluding carboxylic acids is 1. The zero-order valence-corrected chi connectivity index (χ0v) is 14.1. The van der Waals surface area contributed by atoms with Gasteiger partial charge < -0.3 is 10.6 Å². The molecule has 0 aliphatic carbocycles. The first-order chi connectivity index (χ1) is 11.5. The molecule has 1 saturated heterocycles. The summed E-state index contributed by atoms with van der Waals surface area (Å²) in [6.07, 6.45) is 3.23. The first kappa shape index (κ1) is 16.6. The van der Waals surface area contributed by atoms with Crippen LogP contribution in [-0.4, -0.2) is 39.7 Å². The molecule has 1 aliphatic heterocycles. The van der Waals surface area contributed by atoms with E-state index in [2.05, 4.69) is 12.0 Å². The molecular weight excluding hydrogens is 307 g/mol. The van der Waals surface area contributed by atoms with E-state index in [1.165, 1.54) is 12.1 Å². The summed E-state index contributed by atoms with van der Waals surface area (Å²) in [5.41, 5.74) is 7.97. The molecule has 6 heteroatoms. The van der Waals surface area contributed by atoms with Gasteiger partial charge in [-0.15, -0.1) is 0 Å². The standard InChI is InChI=1S/C18H23FN4O/c1-3-17-16(18(24)22-11-13(9-20)8-12(22)2)10-21-23(17)15-6-4-14(19)5-7-15/h4-7,10,12-13H,3,8-9,11,20H2,1-2H3. The van der Waals surface area contributed by atoms with Crippen molar-refractivity contribution in [2.24, 2.45) is 11.7 Å². The molecule has 1 fully saturated rings. The van der Waals surface area contributed by atoms with Crippen LogP contribution < -0.4 is 5.73 Å². The Bertz CT molecular complexity index is 725. The lowest BCUT2D eigenvalue weighted by molar-refractivity contribution is 0.0742. The number of hydrogen-bond acceptors (Lipinski definition) is 3. The summed E-state index contributed by atoms with van der Waals surface area (Å²) in [4.78, 5) is 14.9. The minimum absolute atomic E-state index is 0.00339. The number of carbonyl (C=O) groups is 1. The second-order valence-electron chi connectivity index (χ2n) is 6.39. The quantitative estimate of drug-likeness (QED) is 0.936. The molecule has 0 radical (unpaired) electrons. The van der Waals surface area contributed by atoms with Crippen LogP contribution in [0.5, 0.6) is 0 Å². The Morgan fingerprint density at radius 1 is 1.38 bits per heavy atom. The highest BCUT2D eigenvalue weighted by atomic mass is 19.1. The van der Waals surface area contributed by atoms with Crippen molar-refractivity contribution in [3.8, 4) is 5.69 Å². The monoisotopic (exact) mass is 330 g/mol. The molecule has 2 aromatic rings. The van der Waals surface area contributed by atoms with Crippen LogP contribution in [0.15, 0.2) is 30.5 Å². The summed E-state index contributed by atoms with van der Waals surface area (Å²) in [5.74, 6) is 0.0730. The van der Waals surface area contributed by atoms with Crippen molar-refractivity contribution < 1.29 is 9.18 Å². The summed E-state index contributed by atoms with van der Waals surface area (Å²) >= 11 is 0. The Balaban J connectivity index is 1.92. The normalized spacial score (nSPS) is 20.6. The van der Waals surface area contributed by atoms with E-state index < -0.39 is 0 Å². The van der Waals surface area contributed by atoms with Gasteiger partial charge in [0, 0.05) is 12.6 Å². The molecular formula is C18H23FN4O. The highest BCUT2D eigenvalue weighted by Gasteiger charge is 2.33. The van der Waals surface area contributed by atoms with Gasteiger partial charge >= 0.3 is 0 Å². The number of aromatic nitrogens is 2. The SMILES string of the molecule is CCc1c(C(=O)N2CC(CN)CC2C)cnn1-c1ccc(F)cc1. The number of likely N-dealkylation sites (tertiary alicyclic amines) is 1. The molecule has 3 rings (SSSR count). The molecule has 1 aromatic heterocycles. The maximum atomic E-state index is 13.1. The lowest BCUT2D eigenvalue weighted by Crippen LogP contribution is -2.34. The average Bonchev–Trinajstić information content (AvgIpc) is 3.18. The topological polar surface area (TPSA) is 64.2 Å². The average molecular weight is 330 g/mol. The van der Waals surface area contributed by atoms with Crippen LogP contribution in [0.25, 0.3) is 5.69 Å². The summed E-state index contributed by atoms with van der Waals surface area (Å²) in [6.45, 7) is 5.35. The largest absolute Gasteiger partial charge is 0.335 e. The summed E-state index contributed by atoms with van der Waals surface area (Å²) in [7, 11) is 0. The van der Waals surface area contributed by atoms with E-state index in [1.54, 1.807) is 23.0 Å². The van der Waals surface area contributed by atoms with Crippen molar-refractivity contribution in [3.05, 3.63) is 47.5 Å². The van der Waals surface area contributed by atoms with Crippen molar-refractivity contribution in [3.63, 3.8) is 0 Å². The second-order valence-corrected chi connectivity index (χ2v) is 6.39. The predicted octanol–water partition coefficient (Wildman–Crippen LogP) is 2.38. The van der Waals surface area contributed by atoms with Crippen molar-refractivity contribution >= 4 is 5.91 Å². The van der Waals surface area contributed by atoms with E-state index in [1.807, 2.05) is 11.8 Å².